The first-order chi connectivity index (χ1) is 4.61. The molecule has 1 heterocycles. The average molecular weight is 160 g/mol. The van der Waals surface area contributed by atoms with Crippen LogP contribution in [-0.4, -0.2) is 19.1 Å². The van der Waals surface area contributed by atoms with Gasteiger partial charge in [-0.25, -0.2) is 8.42 Å². The Bertz CT molecular complexity index is 265. The van der Waals surface area contributed by atoms with Gasteiger partial charge in [-0.2, -0.15) is 4.41 Å². The van der Waals surface area contributed by atoms with Crippen molar-refractivity contribution in [3.8, 4) is 0 Å². The number of hydrogen-bond donors (Lipinski definition) is 1. The minimum absolute atomic E-state index is 1.03. The van der Waals surface area contributed by atoms with Crippen LogP contribution in [0.4, 0.5) is 0 Å². The molecule has 1 aliphatic heterocycles. The van der Waals surface area contributed by atoms with Crippen molar-refractivity contribution < 1.29 is 8.42 Å². The lowest BCUT2D eigenvalue weighted by atomic mass is 10.5. The Morgan fingerprint density at radius 1 is 1.40 bits per heavy atom. The van der Waals surface area contributed by atoms with Crippen molar-refractivity contribution in [3.63, 3.8) is 0 Å². The van der Waals surface area contributed by atoms with Gasteiger partial charge in [0.05, 0.1) is 6.26 Å². The molecule has 0 amide bonds. The van der Waals surface area contributed by atoms with Crippen LogP contribution in [0.15, 0.2) is 24.6 Å². The van der Waals surface area contributed by atoms with Crippen LogP contribution in [0.3, 0.4) is 0 Å². The molecule has 0 bridgehead atoms. The van der Waals surface area contributed by atoms with Crippen LogP contribution in [0.25, 0.3) is 0 Å². The summed E-state index contributed by atoms with van der Waals surface area (Å²) in [6.07, 6.45) is 7.46. The molecule has 0 saturated heterocycles. The Balaban J connectivity index is 2.79. The van der Waals surface area contributed by atoms with Crippen molar-refractivity contribution in [1.29, 1.82) is 0 Å². The zero-order valence-corrected chi connectivity index (χ0v) is 6.30. The Kier molecular flexibility index (Phi) is 1.67. The molecule has 0 saturated carbocycles. The van der Waals surface area contributed by atoms with Gasteiger partial charge < -0.3 is 0 Å². The van der Waals surface area contributed by atoms with Gasteiger partial charge in [0.1, 0.15) is 0 Å². The fraction of sp³-hybridized carbons (Fsp3) is 0.200. The summed E-state index contributed by atoms with van der Waals surface area (Å²) in [6, 6.07) is 0. The number of allylic oxidation sites excluding steroid dienone is 2. The van der Waals surface area contributed by atoms with Crippen LogP contribution in [0.2, 0.25) is 0 Å². The first-order valence-corrected chi connectivity index (χ1v) is 4.54. The Morgan fingerprint density at radius 3 is 2.40 bits per heavy atom. The molecule has 1 rings (SSSR count). The highest BCUT2D eigenvalue weighted by molar-refractivity contribution is 7.88. The standard InChI is InChI=1S/C5H8N2O2S/c1-10(8,9)7-5-3-2-4-6-7/h2-6H,1H3. The van der Waals surface area contributed by atoms with Crippen molar-refractivity contribution in [1.82, 2.24) is 9.84 Å². The number of rotatable bonds is 1. The quantitative estimate of drug-likeness (QED) is 0.577. The van der Waals surface area contributed by atoms with E-state index >= 15 is 0 Å². The highest BCUT2D eigenvalue weighted by Crippen LogP contribution is 1.97. The topological polar surface area (TPSA) is 49.4 Å². The van der Waals surface area contributed by atoms with E-state index in [2.05, 4.69) is 5.43 Å². The van der Waals surface area contributed by atoms with Crippen LogP contribution in [0.5, 0.6) is 0 Å². The molecule has 0 aromatic rings. The third-order valence-electron chi connectivity index (χ3n) is 0.988. The molecule has 0 unspecified atom stereocenters. The van der Waals surface area contributed by atoms with Crippen LogP contribution >= 0.6 is 0 Å². The molecule has 0 spiro atoms. The molecule has 0 fully saturated rings. The number of nitrogens with zero attached hydrogens (tertiary/aromatic N) is 1. The lowest BCUT2D eigenvalue weighted by Gasteiger charge is -2.18. The van der Waals surface area contributed by atoms with E-state index < -0.39 is 10.0 Å². The first kappa shape index (κ1) is 7.14. The summed E-state index contributed by atoms with van der Waals surface area (Å²) in [6.45, 7) is 0. The molecule has 1 aliphatic rings. The van der Waals surface area contributed by atoms with E-state index in [4.69, 9.17) is 0 Å². The smallest absolute Gasteiger partial charge is 0.249 e. The lowest BCUT2D eigenvalue weighted by Crippen LogP contribution is -2.35. The van der Waals surface area contributed by atoms with E-state index in [0.29, 0.717) is 0 Å². The van der Waals surface area contributed by atoms with Crippen molar-refractivity contribution in [3.05, 3.63) is 24.6 Å². The second-order valence-corrected chi connectivity index (χ2v) is 3.75. The van der Waals surface area contributed by atoms with Crippen molar-refractivity contribution in [2.75, 3.05) is 6.26 Å². The maximum Gasteiger partial charge on any atom is 0.249 e. The predicted molar refractivity (Wildman–Crippen MR) is 38.1 cm³/mol. The van der Waals surface area contributed by atoms with Gasteiger partial charge in [0.2, 0.25) is 10.0 Å². The maximum atomic E-state index is 10.8. The van der Waals surface area contributed by atoms with Crippen LogP contribution in [0, 0.1) is 0 Å². The van der Waals surface area contributed by atoms with Crippen molar-refractivity contribution >= 4 is 10.0 Å². The predicted octanol–water partition coefficient (Wildman–Crippen LogP) is -0.206. The van der Waals surface area contributed by atoms with E-state index in [1.807, 2.05) is 0 Å². The van der Waals surface area contributed by atoms with E-state index in [-0.39, 0.29) is 0 Å². The monoisotopic (exact) mass is 160 g/mol. The molecule has 4 nitrogen and oxygen atoms in total. The zero-order valence-electron chi connectivity index (χ0n) is 5.48. The molecule has 0 aromatic heterocycles. The molecule has 10 heavy (non-hydrogen) atoms. The van der Waals surface area contributed by atoms with Gasteiger partial charge >= 0.3 is 0 Å². The van der Waals surface area contributed by atoms with E-state index in [1.165, 1.54) is 6.20 Å². The highest BCUT2D eigenvalue weighted by Gasteiger charge is 2.09. The molecule has 0 aliphatic carbocycles. The van der Waals surface area contributed by atoms with Gasteiger partial charge in [-0.15, -0.1) is 0 Å². The van der Waals surface area contributed by atoms with Crippen LogP contribution in [-0.2, 0) is 10.0 Å². The number of hydrazine groups is 1. The molecule has 5 heteroatoms. The Hall–Kier alpha value is -0.970. The third kappa shape index (κ3) is 1.51. The molecule has 0 atom stereocenters. The summed E-state index contributed by atoms with van der Waals surface area (Å²) >= 11 is 0. The average Bonchev–Trinajstić information content (AvgIpc) is 1.88. The molecular formula is C5H8N2O2S. The zero-order chi connectivity index (χ0) is 7.61. The fourth-order valence-electron chi connectivity index (χ4n) is 0.549. The summed E-state index contributed by atoms with van der Waals surface area (Å²) in [5.74, 6) is 0. The van der Waals surface area contributed by atoms with Crippen LogP contribution in [0.1, 0.15) is 0 Å². The maximum absolute atomic E-state index is 10.8. The highest BCUT2D eigenvalue weighted by atomic mass is 32.2. The number of sulfonamides is 1. The van der Waals surface area contributed by atoms with Gasteiger partial charge in [0.25, 0.3) is 0 Å². The summed E-state index contributed by atoms with van der Waals surface area (Å²) in [5.41, 5.74) is 2.54. The minimum Gasteiger partial charge on any atom is -0.292 e. The first-order valence-electron chi connectivity index (χ1n) is 2.69. The summed E-state index contributed by atoms with van der Waals surface area (Å²) in [5, 5.41) is 0. The molecule has 0 radical (unpaired) electrons. The number of hydrogen-bond acceptors (Lipinski definition) is 3. The SMILES string of the molecule is CS(=O)(=O)N1C=CC=CN1. The Morgan fingerprint density at radius 2 is 2.10 bits per heavy atom. The summed E-state index contributed by atoms with van der Waals surface area (Å²) in [4.78, 5) is 0. The summed E-state index contributed by atoms with van der Waals surface area (Å²) < 4.78 is 22.6. The third-order valence-corrected chi connectivity index (χ3v) is 1.93. The molecule has 1 N–H and O–H groups in total. The normalized spacial score (nSPS) is 17.1. The van der Waals surface area contributed by atoms with Crippen molar-refractivity contribution in [2.24, 2.45) is 0 Å². The van der Waals surface area contributed by atoms with Gasteiger partial charge in [-0.3, -0.25) is 5.43 Å². The van der Waals surface area contributed by atoms with Crippen molar-refractivity contribution in [2.45, 2.75) is 0 Å². The lowest BCUT2D eigenvalue weighted by molar-refractivity contribution is 0.456. The van der Waals surface area contributed by atoms with Gasteiger partial charge in [-0.1, -0.05) is 0 Å². The fourth-order valence-corrected chi connectivity index (χ4v) is 1.09. The molecule has 0 aromatic carbocycles. The second-order valence-electron chi connectivity index (χ2n) is 1.89. The number of nitrogens with one attached hydrogen (secondary N) is 1. The van der Waals surface area contributed by atoms with E-state index in [9.17, 15) is 8.42 Å². The Labute approximate surface area is 59.9 Å². The molecular weight excluding hydrogens is 152 g/mol. The van der Waals surface area contributed by atoms with Crippen LogP contribution < -0.4 is 5.43 Å². The van der Waals surface area contributed by atoms with E-state index in [0.717, 1.165) is 10.7 Å². The molecule has 56 valence electrons. The van der Waals surface area contributed by atoms with Gasteiger partial charge in [0, 0.05) is 12.4 Å². The largest absolute Gasteiger partial charge is 0.292 e. The van der Waals surface area contributed by atoms with Gasteiger partial charge in [-0.05, 0) is 12.2 Å². The minimum atomic E-state index is -3.14. The second kappa shape index (κ2) is 2.34. The van der Waals surface area contributed by atoms with E-state index in [1.54, 1.807) is 18.4 Å². The van der Waals surface area contributed by atoms with Gasteiger partial charge in [0.15, 0.2) is 0 Å². The summed E-state index contributed by atoms with van der Waals surface area (Å²) in [7, 11) is -3.14.